The van der Waals surface area contributed by atoms with Crippen molar-refractivity contribution < 1.29 is 13.2 Å². The summed E-state index contributed by atoms with van der Waals surface area (Å²) in [5.74, 6) is -0.118. The molecule has 6 nitrogen and oxygen atoms in total. The second kappa shape index (κ2) is 7.61. The number of halogens is 1. The molecule has 1 fully saturated rings. The Morgan fingerprint density at radius 3 is 2.30 bits per heavy atom. The van der Waals surface area contributed by atoms with Gasteiger partial charge in [0.05, 0.1) is 0 Å². The van der Waals surface area contributed by atoms with Gasteiger partial charge in [0.25, 0.3) is 16.1 Å². The first-order chi connectivity index (χ1) is 10.9. The average molecular weight is 360 g/mol. The molecular formula is C15H22ClN3O3S. The number of piperazine rings is 1. The zero-order valence-corrected chi connectivity index (χ0v) is 15.0. The van der Waals surface area contributed by atoms with E-state index in [0.29, 0.717) is 49.9 Å². The predicted octanol–water partition coefficient (Wildman–Crippen LogP) is 1.68. The van der Waals surface area contributed by atoms with Crippen molar-refractivity contribution in [1.29, 1.82) is 0 Å². The zero-order valence-electron chi connectivity index (χ0n) is 13.4. The first kappa shape index (κ1) is 18.2. The van der Waals surface area contributed by atoms with Crippen LogP contribution in [0, 0.1) is 0 Å². The highest BCUT2D eigenvalue weighted by atomic mass is 35.5. The van der Waals surface area contributed by atoms with Gasteiger partial charge in [-0.15, -0.1) is 0 Å². The van der Waals surface area contributed by atoms with E-state index in [4.69, 9.17) is 11.6 Å². The van der Waals surface area contributed by atoms with Gasteiger partial charge in [0.15, 0.2) is 0 Å². The molecule has 0 radical (unpaired) electrons. The van der Waals surface area contributed by atoms with Crippen molar-refractivity contribution in [3.8, 4) is 0 Å². The maximum absolute atomic E-state index is 12.5. The number of hydrogen-bond acceptors (Lipinski definition) is 3. The van der Waals surface area contributed by atoms with E-state index in [1.165, 1.54) is 8.61 Å². The molecule has 1 aromatic carbocycles. The monoisotopic (exact) mass is 359 g/mol. The maximum atomic E-state index is 12.5. The van der Waals surface area contributed by atoms with E-state index in [0.717, 1.165) is 0 Å². The lowest BCUT2D eigenvalue weighted by molar-refractivity contribution is 0.0694. The molecule has 1 amide bonds. The van der Waals surface area contributed by atoms with Crippen molar-refractivity contribution >= 4 is 27.7 Å². The smallest absolute Gasteiger partial charge is 0.282 e. The zero-order chi connectivity index (χ0) is 17.0. The van der Waals surface area contributed by atoms with E-state index >= 15 is 0 Å². The Morgan fingerprint density at radius 2 is 1.78 bits per heavy atom. The Hall–Kier alpha value is -1.15. The van der Waals surface area contributed by atoms with Crippen LogP contribution in [0.5, 0.6) is 0 Å². The van der Waals surface area contributed by atoms with Crippen molar-refractivity contribution in [1.82, 2.24) is 13.5 Å². The first-order valence-electron chi connectivity index (χ1n) is 7.70. The minimum atomic E-state index is -3.44. The average Bonchev–Trinajstić information content (AvgIpc) is 2.55. The molecule has 2 rings (SSSR count). The largest absolute Gasteiger partial charge is 0.336 e. The molecule has 23 heavy (non-hydrogen) atoms. The molecule has 0 aliphatic carbocycles. The molecule has 1 aliphatic rings. The summed E-state index contributed by atoms with van der Waals surface area (Å²) in [6.45, 7) is 5.91. The van der Waals surface area contributed by atoms with Crippen LogP contribution in [0.3, 0.4) is 0 Å². The maximum Gasteiger partial charge on any atom is 0.282 e. The molecule has 0 bridgehead atoms. The van der Waals surface area contributed by atoms with Crippen molar-refractivity contribution in [2.75, 3.05) is 39.3 Å². The molecule has 1 saturated heterocycles. The Kier molecular flexibility index (Phi) is 6.02. The summed E-state index contributed by atoms with van der Waals surface area (Å²) in [4.78, 5) is 14.1. The molecule has 128 valence electrons. The Balaban J connectivity index is 2.02. The first-order valence-corrected chi connectivity index (χ1v) is 9.47. The molecule has 8 heteroatoms. The van der Waals surface area contributed by atoms with Crippen LogP contribution in [-0.2, 0) is 10.2 Å². The van der Waals surface area contributed by atoms with E-state index in [9.17, 15) is 13.2 Å². The second-order valence-electron chi connectivity index (χ2n) is 5.29. The molecule has 0 unspecified atom stereocenters. The number of benzene rings is 1. The summed E-state index contributed by atoms with van der Waals surface area (Å²) in [5, 5.41) is 0.513. The van der Waals surface area contributed by atoms with Gasteiger partial charge >= 0.3 is 0 Å². The van der Waals surface area contributed by atoms with Crippen molar-refractivity contribution in [2.24, 2.45) is 0 Å². The second-order valence-corrected chi connectivity index (χ2v) is 7.66. The molecule has 1 aromatic rings. The van der Waals surface area contributed by atoms with Gasteiger partial charge in [-0.05, 0) is 18.2 Å². The van der Waals surface area contributed by atoms with Crippen LogP contribution in [0.4, 0.5) is 0 Å². The van der Waals surface area contributed by atoms with Gasteiger partial charge in [-0.25, -0.2) is 0 Å². The summed E-state index contributed by atoms with van der Waals surface area (Å²) in [7, 11) is -3.44. The summed E-state index contributed by atoms with van der Waals surface area (Å²) in [5.41, 5.74) is 0.526. The fraction of sp³-hybridized carbons (Fsp3) is 0.533. The third-order valence-corrected chi connectivity index (χ3v) is 6.38. The van der Waals surface area contributed by atoms with E-state index in [1.54, 1.807) is 29.2 Å². The van der Waals surface area contributed by atoms with Crippen molar-refractivity contribution in [3.63, 3.8) is 0 Å². The van der Waals surface area contributed by atoms with E-state index in [2.05, 4.69) is 0 Å². The normalized spacial score (nSPS) is 16.8. The Labute approximate surface area is 142 Å². The van der Waals surface area contributed by atoms with E-state index in [-0.39, 0.29) is 5.91 Å². The number of nitrogens with zero attached hydrogens (tertiary/aromatic N) is 3. The molecule has 0 saturated carbocycles. The number of hydrogen-bond donors (Lipinski definition) is 0. The number of carbonyl (C=O) groups is 1. The quantitative estimate of drug-likeness (QED) is 0.803. The van der Waals surface area contributed by atoms with Crippen molar-refractivity contribution in [2.45, 2.75) is 13.8 Å². The number of carbonyl (C=O) groups excluding carboxylic acids is 1. The third kappa shape index (κ3) is 4.03. The van der Waals surface area contributed by atoms with Gasteiger partial charge in [0.1, 0.15) is 0 Å². The fourth-order valence-electron chi connectivity index (χ4n) is 2.64. The van der Waals surface area contributed by atoms with Crippen LogP contribution in [0.25, 0.3) is 0 Å². The van der Waals surface area contributed by atoms with Gasteiger partial charge in [-0.3, -0.25) is 4.79 Å². The molecule has 1 heterocycles. The number of amides is 1. The molecule has 0 spiro atoms. The standard InChI is InChI=1S/C15H22ClN3O3S/c1-3-18(4-2)23(21,22)19-10-8-17(9-11-19)15(20)13-6-5-7-14(16)12-13/h5-7,12H,3-4,8-11H2,1-2H3. The number of rotatable bonds is 5. The summed E-state index contributed by atoms with van der Waals surface area (Å²) < 4.78 is 27.8. The fourth-order valence-corrected chi connectivity index (χ4v) is 4.43. The summed E-state index contributed by atoms with van der Waals surface area (Å²) >= 11 is 5.91. The molecule has 0 N–H and O–H groups in total. The molecule has 1 aliphatic heterocycles. The molecule has 0 aromatic heterocycles. The van der Waals surface area contributed by atoms with Gasteiger partial charge < -0.3 is 4.90 Å². The Bertz CT molecular complexity index is 654. The van der Waals surface area contributed by atoms with E-state index < -0.39 is 10.2 Å². The lowest BCUT2D eigenvalue weighted by atomic mass is 10.2. The predicted molar refractivity (Wildman–Crippen MR) is 90.8 cm³/mol. The van der Waals surface area contributed by atoms with Crippen LogP contribution >= 0.6 is 11.6 Å². The van der Waals surface area contributed by atoms with Crippen molar-refractivity contribution in [3.05, 3.63) is 34.9 Å². The Morgan fingerprint density at radius 1 is 1.17 bits per heavy atom. The van der Waals surface area contributed by atoms with Gasteiger partial charge in [0.2, 0.25) is 0 Å². The SMILES string of the molecule is CCN(CC)S(=O)(=O)N1CCN(C(=O)c2cccc(Cl)c2)CC1. The molecule has 0 atom stereocenters. The van der Waals surface area contributed by atoms with Crippen LogP contribution < -0.4 is 0 Å². The summed E-state index contributed by atoms with van der Waals surface area (Å²) in [6, 6.07) is 6.79. The van der Waals surface area contributed by atoms with Crippen LogP contribution in [-0.4, -0.2) is 67.1 Å². The highest BCUT2D eigenvalue weighted by Crippen LogP contribution is 2.16. The highest BCUT2D eigenvalue weighted by Gasteiger charge is 2.32. The van der Waals surface area contributed by atoms with Crippen LogP contribution in [0.15, 0.2) is 24.3 Å². The highest BCUT2D eigenvalue weighted by molar-refractivity contribution is 7.86. The lowest BCUT2D eigenvalue weighted by Gasteiger charge is -2.36. The summed E-state index contributed by atoms with van der Waals surface area (Å²) in [6.07, 6.45) is 0. The topological polar surface area (TPSA) is 60.9 Å². The van der Waals surface area contributed by atoms with Crippen LogP contribution in [0.1, 0.15) is 24.2 Å². The van der Waals surface area contributed by atoms with Gasteiger partial charge in [-0.1, -0.05) is 31.5 Å². The third-order valence-electron chi connectivity index (χ3n) is 3.96. The minimum absolute atomic E-state index is 0.118. The van der Waals surface area contributed by atoms with Crippen LogP contribution in [0.2, 0.25) is 5.02 Å². The minimum Gasteiger partial charge on any atom is -0.336 e. The molecular weight excluding hydrogens is 338 g/mol. The lowest BCUT2D eigenvalue weighted by Crippen LogP contribution is -2.54. The van der Waals surface area contributed by atoms with Gasteiger partial charge in [0, 0.05) is 49.9 Å². The van der Waals surface area contributed by atoms with E-state index in [1.807, 2.05) is 13.8 Å². The van der Waals surface area contributed by atoms with Gasteiger partial charge in [-0.2, -0.15) is 17.0 Å².